The number of rotatable bonds is 7. The van der Waals surface area contributed by atoms with Crippen molar-refractivity contribution in [3.63, 3.8) is 0 Å². The number of allylic oxidation sites excluding steroid dienone is 4. The smallest absolute Gasteiger partial charge is 0.0154 e. The van der Waals surface area contributed by atoms with Crippen molar-refractivity contribution >= 4 is 0 Å². The molecule has 4 heteroatoms. The molecule has 26 heavy (non-hydrogen) atoms. The third-order valence-corrected chi connectivity index (χ3v) is 2.63. The predicted octanol–water partition coefficient (Wildman–Crippen LogP) is 4.29. The molecule has 0 radical (unpaired) electrons. The van der Waals surface area contributed by atoms with E-state index in [4.69, 9.17) is 0 Å². The normalized spacial score (nSPS) is 11.1. The Labute approximate surface area is 183 Å². The minimum atomic E-state index is 0. The van der Waals surface area contributed by atoms with Crippen LogP contribution in [0.1, 0.15) is 19.8 Å². The Kier molecular flexibility index (Phi) is 34.0. The molecule has 1 rings (SSSR count). The van der Waals surface area contributed by atoms with Gasteiger partial charge < -0.3 is 14.7 Å². The Bertz CT molecular complexity index is 336. The van der Waals surface area contributed by atoms with Crippen LogP contribution in [0.15, 0.2) is 55.7 Å². The molecular weight excluding hydrogens is 397 g/mol. The third-order valence-electron chi connectivity index (χ3n) is 2.63. The van der Waals surface area contributed by atoms with E-state index in [1.54, 1.807) is 0 Å². The molecule has 1 aliphatic rings. The summed E-state index contributed by atoms with van der Waals surface area (Å²) in [5, 5.41) is 0. The van der Waals surface area contributed by atoms with E-state index in [-0.39, 0.29) is 26.2 Å². The van der Waals surface area contributed by atoms with Crippen molar-refractivity contribution in [3.05, 3.63) is 61.8 Å². The van der Waals surface area contributed by atoms with E-state index < -0.39 is 0 Å². The summed E-state index contributed by atoms with van der Waals surface area (Å²) < 4.78 is 0. The maximum Gasteiger partial charge on any atom is 0.0154 e. The molecule has 0 spiro atoms. The Morgan fingerprint density at radius 1 is 0.846 bits per heavy atom. The molecule has 0 bridgehead atoms. The predicted molar refractivity (Wildman–Crippen MR) is 117 cm³/mol. The van der Waals surface area contributed by atoms with Crippen molar-refractivity contribution in [1.82, 2.24) is 14.7 Å². The fourth-order valence-electron chi connectivity index (χ4n) is 1.47. The molecule has 0 aliphatic heterocycles. The van der Waals surface area contributed by atoms with Crippen LogP contribution in [0.5, 0.6) is 0 Å². The van der Waals surface area contributed by atoms with Crippen LogP contribution in [0.25, 0.3) is 0 Å². The van der Waals surface area contributed by atoms with Gasteiger partial charge in [-0.05, 0) is 42.3 Å². The van der Waals surface area contributed by atoms with Crippen LogP contribution in [-0.4, -0.2) is 76.6 Å². The van der Waals surface area contributed by atoms with Gasteiger partial charge in [-0.15, -0.1) is 26.2 Å². The van der Waals surface area contributed by atoms with Gasteiger partial charge in [0.05, 0.1) is 0 Å². The largest absolute Gasteiger partial charge is 0.306 e. The molecule has 3 nitrogen and oxygen atoms in total. The van der Waals surface area contributed by atoms with E-state index in [0.717, 1.165) is 32.5 Å². The van der Waals surface area contributed by atoms with E-state index in [9.17, 15) is 0 Å². The fourth-order valence-corrected chi connectivity index (χ4v) is 1.47. The van der Waals surface area contributed by atoms with Crippen LogP contribution in [0.2, 0.25) is 0 Å². The maximum absolute atomic E-state index is 3.56. The third kappa shape index (κ3) is 38.8. The van der Waals surface area contributed by atoms with E-state index in [1.807, 2.05) is 60.5 Å². The molecule has 0 N–H and O–H groups in total. The van der Waals surface area contributed by atoms with Crippen LogP contribution < -0.4 is 0 Å². The van der Waals surface area contributed by atoms with E-state index >= 15 is 0 Å². The minimum absolute atomic E-state index is 0. The van der Waals surface area contributed by atoms with Crippen LogP contribution in [0, 0.1) is 6.08 Å². The van der Waals surface area contributed by atoms with E-state index in [0.29, 0.717) is 0 Å². The molecule has 0 aromatic rings. The Morgan fingerprint density at radius 2 is 1.19 bits per heavy atom. The van der Waals surface area contributed by atoms with E-state index in [2.05, 4.69) is 59.6 Å². The van der Waals surface area contributed by atoms with Gasteiger partial charge in [0.2, 0.25) is 0 Å². The standard InChI is InChI=1S/C7H9.3C5H11N.Zr/c1-2-7-5-3-4-6-7;3*1-4-5-6(2)3;/h3,5H,2,4H2,1H3;3*4H,1,5H2,2-3H3;/q-1;;;;. The SMILES string of the molecule is C=CCN(C)C.C=CCN(C)C.C=CCN(C)C.CCC1=[C-]CC=C1.[Zr]. The van der Waals surface area contributed by atoms with Gasteiger partial charge in [-0.2, -0.15) is 6.08 Å². The van der Waals surface area contributed by atoms with E-state index in [1.165, 1.54) is 5.57 Å². The van der Waals surface area contributed by atoms with Gasteiger partial charge in [0.1, 0.15) is 0 Å². The summed E-state index contributed by atoms with van der Waals surface area (Å²) in [5.41, 5.74) is 1.36. The van der Waals surface area contributed by atoms with Gasteiger partial charge in [0.15, 0.2) is 0 Å². The average molecular weight is 440 g/mol. The Morgan fingerprint density at radius 3 is 1.27 bits per heavy atom. The van der Waals surface area contributed by atoms with Crippen LogP contribution in [0.4, 0.5) is 0 Å². The second-order valence-corrected chi connectivity index (χ2v) is 6.31. The Hall–Kier alpha value is -0.537. The average Bonchev–Trinajstić information content (AvgIpc) is 3.02. The van der Waals surface area contributed by atoms with Crippen molar-refractivity contribution in [2.75, 3.05) is 61.9 Å². The summed E-state index contributed by atoms with van der Waals surface area (Å²) in [5.74, 6) is 0. The van der Waals surface area contributed by atoms with Gasteiger partial charge in [-0.1, -0.05) is 31.6 Å². The molecule has 0 aromatic heterocycles. The summed E-state index contributed by atoms with van der Waals surface area (Å²) in [7, 11) is 12.1. The summed E-state index contributed by atoms with van der Waals surface area (Å²) >= 11 is 0. The van der Waals surface area contributed by atoms with Gasteiger partial charge in [-0.25, -0.2) is 11.6 Å². The zero-order valence-electron chi connectivity index (χ0n) is 18.4. The summed E-state index contributed by atoms with van der Waals surface area (Å²) in [6, 6.07) is 0. The summed E-state index contributed by atoms with van der Waals surface area (Å²) in [6.45, 7) is 15.7. The molecule has 0 fully saturated rings. The quantitative estimate of drug-likeness (QED) is 0.433. The van der Waals surface area contributed by atoms with Crippen molar-refractivity contribution in [3.8, 4) is 0 Å². The first kappa shape index (κ1) is 33.1. The first-order chi connectivity index (χ1) is 11.7. The molecular formula is C22H42N3Zr-. The number of hydrogen-bond acceptors (Lipinski definition) is 3. The summed E-state index contributed by atoms with van der Waals surface area (Å²) in [4.78, 5) is 6.19. The maximum atomic E-state index is 3.56. The molecule has 0 saturated heterocycles. The number of likely N-dealkylation sites (N-methyl/N-ethyl adjacent to an activating group) is 3. The zero-order chi connectivity index (χ0) is 20.1. The Balaban J connectivity index is -0.000000123. The van der Waals surface area contributed by atoms with Crippen LogP contribution >= 0.6 is 0 Å². The molecule has 0 aromatic carbocycles. The zero-order valence-corrected chi connectivity index (χ0v) is 20.8. The van der Waals surface area contributed by atoms with Gasteiger partial charge in [-0.3, -0.25) is 6.08 Å². The molecule has 0 heterocycles. The monoisotopic (exact) mass is 438 g/mol. The molecule has 0 atom stereocenters. The number of hydrogen-bond donors (Lipinski definition) is 0. The fraction of sp³-hybridized carbons (Fsp3) is 0.545. The van der Waals surface area contributed by atoms with Crippen molar-refractivity contribution in [1.29, 1.82) is 0 Å². The number of nitrogens with zero attached hydrogens (tertiary/aromatic N) is 3. The van der Waals surface area contributed by atoms with Gasteiger partial charge in [0.25, 0.3) is 0 Å². The molecule has 0 unspecified atom stereocenters. The molecule has 0 amide bonds. The topological polar surface area (TPSA) is 9.72 Å². The van der Waals surface area contributed by atoms with Crippen molar-refractivity contribution < 1.29 is 26.2 Å². The van der Waals surface area contributed by atoms with Gasteiger partial charge in [0, 0.05) is 45.8 Å². The van der Waals surface area contributed by atoms with Crippen molar-refractivity contribution in [2.24, 2.45) is 0 Å². The molecule has 0 saturated carbocycles. The second kappa shape index (κ2) is 26.7. The van der Waals surface area contributed by atoms with Crippen molar-refractivity contribution in [2.45, 2.75) is 19.8 Å². The van der Waals surface area contributed by atoms with Crippen LogP contribution in [0.3, 0.4) is 0 Å². The first-order valence-corrected chi connectivity index (χ1v) is 8.78. The minimum Gasteiger partial charge on any atom is -0.306 e. The molecule has 1 aliphatic carbocycles. The second-order valence-electron chi connectivity index (χ2n) is 6.31. The summed E-state index contributed by atoms with van der Waals surface area (Å²) in [6.07, 6.45) is 15.3. The van der Waals surface area contributed by atoms with Crippen LogP contribution in [-0.2, 0) is 26.2 Å². The first-order valence-electron chi connectivity index (χ1n) is 8.78. The van der Waals surface area contributed by atoms with Gasteiger partial charge >= 0.3 is 0 Å². The molecule has 150 valence electrons.